The van der Waals surface area contributed by atoms with Crippen molar-refractivity contribution >= 4 is 34.6 Å². The van der Waals surface area contributed by atoms with Crippen molar-refractivity contribution in [3.63, 3.8) is 0 Å². The number of rotatable bonds is 4. The number of hydrogen-bond acceptors (Lipinski definition) is 4. The number of alkyl halides is 1. The first-order valence-corrected chi connectivity index (χ1v) is 7.61. The summed E-state index contributed by atoms with van der Waals surface area (Å²) in [5.74, 6) is -0.139. The Kier molecular flexibility index (Phi) is 4.34. The number of morpholine rings is 1. The highest BCUT2D eigenvalue weighted by atomic mass is 127. The molecule has 0 radical (unpaired) electrons. The fourth-order valence-corrected chi connectivity index (χ4v) is 2.79. The molecule has 2 amide bonds. The third-order valence-electron chi connectivity index (χ3n) is 3.51. The normalized spacial score (nSPS) is 27.2. The van der Waals surface area contributed by atoms with Gasteiger partial charge in [0, 0.05) is 11.0 Å². The van der Waals surface area contributed by atoms with E-state index in [0.717, 1.165) is 4.43 Å². The lowest BCUT2D eigenvalue weighted by molar-refractivity contribution is -0.153. The van der Waals surface area contributed by atoms with E-state index in [1.807, 2.05) is 0 Å². The minimum absolute atomic E-state index is 0.0437. The predicted octanol–water partition coefficient (Wildman–Crippen LogP) is 1.00. The van der Waals surface area contributed by atoms with Crippen LogP contribution in [-0.4, -0.2) is 64.3 Å². The third-order valence-corrected chi connectivity index (χ3v) is 4.49. The summed E-state index contributed by atoms with van der Waals surface area (Å²) in [4.78, 5) is 27.2. The zero-order valence-electron chi connectivity index (χ0n) is 10.8. The molecule has 1 unspecified atom stereocenters. The van der Waals surface area contributed by atoms with Crippen molar-refractivity contribution in [2.75, 3.05) is 30.7 Å². The van der Waals surface area contributed by atoms with Crippen molar-refractivity contribution in [3.05, 3.63) is 12.7 Å². The van der Waals surface area contributed by atoms with Crippen LogP contribution in [-0.2, 0) is 14.3 Å². The van der Waals surface area contributed by atoms with Gasteiger partial charge in [-0.1, -0.05) is 29.2 Å². The van der Waals surface area contributed by atoms with E-state index in [1.165, 1.54) is 0 Å². The van der Waals surface area contributed by atoms with Crippen molar-refractivity contribution in [1.82, 2.24) is 9.80 Å². The van der Waals surface area contributed by atoms with E-state index < -0.39 is 11.8 Å². The van der Waals surface area contributed by atoms with Gasteiger partial charge in [0.25, 0.3) is 5.91 Å². The minimum Gasteiger partial charge on any atom is -0.443 e. The molecule has 0 aromatic rings. The fourth-order valence-electron chi connectivity index (χ4n) is 2.33. The molecule has 0 aliphatic carbocycles. The van der Waals surface area contributed by atoms with Crippen LogP contribution in [0.2, 0.25) is 0 Å². The van der Waals surface area contributed by atoms with Crippen molar-refractivity contribution in [3.8, 4) is 0 Å². The molecule has 106 valence electrons. The van der Waals surface area contributed by atoms with Gasteiger partial charge in [-0.25, -0.2) is 4.79 Å². The Hall–Kier alpha value is -0.830. The summed E-state index contributed by atoms with van der Waals surface area (Å²) < 4.78 is 11.1. The Morgan fingerprint density at radius 2 is 2.26 bits per heavy atom. The molecule has 2 atom stereocenters. The molecule has 0 bridgehead atoms. The lowest BCUT2D eigenvalue weighted by atomic mass is 10.1. The van der Waals surface area contributed by atoms with E-state index >= 15 is 0 Å². The lowest BCUT2D eigenvalue weighted by Crippen LogP contribution is -2.62. The van der Waals surface area contributed by atoms with E-state index in [0.29, 0.717) is 19.7 Å². The maximum atomic E-state index is 12.0. The number of ether oxygens (including phenoxy) is 2. The lowest BCUT2D eigenvalue weighted by Gasteiger charge is -2.45. The van der Waals surface area contributed by atoms with Gasteiger partial charge in [-0.05, 0) is 13.0 Å². The largest absolute Gasteiger partial charge is 0.443 e. The second kappa shape index (κ2) is 5.66. The molecule has 2 saturated heterocycles. The second-order valence-corrected chi connectivity index (χ2v) is 5.55. The van der Waals surface area contributed by atoms with E-state index in [-0.39, 0.29) is 18.6 Å². The van der Waals surface area contributed by atoms with Crippen LogP contribution in [0.4, 0.5) is 4.79 Å². The Morgan fingerprint density at radius 3 is 2.79 bits per heavy atom. The van der Waals surface area contributed by atoms with Crippen LogP contribution in [0.5, 0.6) is 0 Å². The van der Waals surface area contributed by atoms with Crippen LogP contribution in [0.15, 0.2) is 12.7 Å². The number of hydrogen-bond donors (Lipinski definition) is 0. The first kappa shape index (κ1) is 14.6. The Morgan fingerprint density at radius 1 is 1.53 bits per heavy atom. The van der Waals surface area contributed by atoms with Crippen molar-refractivity contribution < 1.29 is 19.1 Å². The van der Waals surface area contributed by atoms with Gasteiger partial charge >= 0.3 is 6.09 Å². The van der Waals surface area contributed by atoms with Crippen LogP contribution in [0, 0.1) is 0 Å². The fraction of sp³-hybridized carbons (Fsp3) is 0.667. The van der Waals surface area contributed by atoms with Gasteiger partial charge in [-0.2, -0.15) is 0 Å². The number of nitrogens with zero attached hydrogens (tertiary/aromatic N) is 2. The minimum atomic E-state index is -0.863. The maximum absolute atomic E-state index is 12.0. The van der Waals surface area contributed by atoms with Gasteiger partial charge < -0.3 is 14.4 Å². The molecule has 0 spiro atoms. The standard InChI is InChI=1S/C12H17IN2O4/c1-3-12(2,14-4-5-18-8-10(14)16)15-7-9(6-13)19-11(15)17/h3,9H,1,4-8H2,2H3/t9-,12?/m0/s1. The summed E-state index contributed by atoms with van der Waals surface area (Å²) in [5, 5.41) is 0. The molecule has 2 aliphatic rings. The van der Waals surface area contributed by atoms with Crippen LogP contribution >= 0.6 is 22.6 Å². The first-order valence-electron chi connectivity index (χ1n) is 6.09. The molecule has 0 aromatic carbocycles. The van der Waals surface area contributed by atoms with Crippen LogP contribution in [0.25, 0.3) is 0 Å². The van der Waals surface area contributed by atoms with Crippen molar-refractivity contribution in [2.45, 2.75) is 18.7 Å². The molecule has 7 heteroatoms. The number of amides is 2. The predicted molar refractivity (Wildman–Crippen MR) is 77.0 cm³/mol. The van der Waals surface area contributed by atoms with Crippen LogP contribution in [0.1, 0.15) is 6.92 Å². The molecule has 0 aromatic heterocycles. The quantitative estimate of drug-likeness (QED) is 0.415. The molecule has 6 nitrogen and oxygen atoms in total. The summed E-state index contributed by atoms with van der Waals surface area (Å²) >= 11 is 2.18. The first-order chi connectivity index (χ1) is 9.02. The Labute approximate surface area is 125 Å². The van der Waals surface area contributed by atoms with Gasteiger partial charge in [-0.3, -0.25) is 9.69 Å². The Balaban J connectivity index is 2.24. The highest BCUT2D eigenvalue weighted by molar-refractivity contribution is 14.1. The van der Waals surface area contributed by atoms with Crippen LogP contribution in [0.3, 0.4) is 0 Å². The van der Waals surface area contributed by atoms with E-state index in [2.05, 4.69) is 29.2 Å². The molecule has 2 fully saturated rings. The zero-order valence-corrected chi connectivity index (χ0v) is 13.0. The third kappa shape index (κ3) is 2.58. The van der Waals surface area contributed by atoms with E-state index in [4.69, 9.17) is 9.47 Å². The molecular formula is C12H17IN2O4. The maximum Gasteiger partial charge on any atom is 0.412 e. The van der Waals surface area contributed by atoms with Crippen molar-refractivity contribution in [2.24, 2.45) is 0 Å². The van der Waals surface area contributed by atoms with Gasteiger partial charge in [-0.15, -0.1) is 0 Å². The number of carbonyl (C=O) groups excluding carboxylic acids is 2. The van der Waals surface area contributed by atoms with E-state index in [9.17, 15) is 9.59 Å². The van der Waals surface area contributed by atoms with Gasteiger partial charge in [0.05, 0.1) is 13.2 Å². The molecule has 0 saturated carbocycles. The summed E-state index contributed by atoms with van der Waals surface area (Å²) in [6.07, 6.45) is 1.08. The van der Waals surface area contributed by atoms with Gasteiger partial charge in [0.1, 0.15) is 18.4 Å². The monoisotopic (exact) mass is 380 g/mol. The molecule has 2 aliphatic heterocycles. The van der Waals surface area contributed by atoms with Crippen molar-refractivity contribution in [1.29, 1.82) is 0 Å². The van der Waals surface area contributed by atoms with Gasteiger partial charge in [0.15, 0.2) is 0 Å². The van der Waals surface area contributed by atoms with Gasteiger partial charge in [0.2, 0.25) is 0 Å². The molecule has 19 heavy (non-hydrogen) atoms. The Bertz CT molecular complexity index is 403. The molecule has 0 N–H and O–H groups in total. The smallest absolute Gasteiger partial charge is 0.412 e. The molecule has 2 heterocycles. The highest BCUT2D eigenvalue weighted by Crippen LogP contribution is 2.29. The van der Waals surface area contributed by atoms with E-state index in [1.54, 1.807) is 22.8 Å². The average Bonchev–Trinajstić information content (AvgIpc) is 2.80. The SMILES string of the molecule is C=CC(C)(N1CCOCC1=O)N1C[C@H](CI)OC1=O. The van der Waals surface area contributed by atoms with Crippen LogP contribution < -0.4 is 0 Å². The summed E-state index contributed by atoms with van der Waals surface area (Å²) in [5.41, 5.74) is -0.863. The zero-order chi connectivity index (χ0) is 14.0. The number of carbonyl (C=O) groups is 2. The summed E-state index contributed by atoms with van der Waals surface area (Å²) in [6, 6.07) is 0. The number of cyclic esters (lactones) is 1. The topological polar surface area (TPSA) is 59.1 Å². The second-order valence-electron chi connectivity index (χ2n) is 4.67. The summed E-state index contributed by atoms with van der Waals surface area (Å²) in [7, 11) is 0. The summed E-state index contributed by atoms with van der Waals surface area (Å²) in [6.45, 7) is 7.01. The molecule has 2 rings (SSSR count). The highest BCUT2D eigenvalue weighted by Gasteiger charge is 2.46. The average molecular weight is 380 g/mol. The number of halogens is 1. The molecular weight excluding hydrogens is 363 g/mol.